The number of carbonyl (C=O) groups excluding carboxylic acids is 4. The standard InChI is InChI=1S/C23H20N2O5/c26-20-9-8-19(21(27)24-20)25-22(28)17-7-6-16(11-18(17)23(25)29)30-12-13-2-1-3-15(10-13)14-4-5-14/h1-3,6-7,10-11,14,19H,4-5,8-9,12H2,(H,24,26,27). The average molecular weight is 404 g/mol. The number of carbonyl (C=O) groups is 4. The van der Waals surface area contributed by atoms with Crippen molar-refractivity contribution in [2.24, 2.45) is 0 Å². The summed E-state index contributed by atoms with van der Waals surface area (Å²) >= 11 is 0. The molecule has 0 aromatic heterocycles. The lowest BCUT2D eigenvalue weighted by molar-refractivity contribution is -0.136. The van der Waals surface area contributed by atoms with E-state index in [-0.39, 0.29) is 24.0 Å². The monoisotopic (exact) mass is 404 g/mol. The molecule has 3 aliphatic rings. The zero-order chi connectivity index (χ0) is 20.8. The number of imide groups is 2. The molecule has 2 heterocycles. The fraction of sp³-hybridized carbons (Fsp3) is 0.304. The summed E-state index contributed by atoms with van der Waals surface area (Å²) in [6.45, 7) is 0.359. The molecule has 1 atom stereocenters. The predicted molar refractivity (Wildman–Crippen MR) is 106 cm³/mol. The van der Waals surface area contributed by atoms with Gasteiger partial charge >= 0.3 is 0 Å². The molecule has 4 amide bonds. The van der Waals surface area contributed by atoms with Crippen molar-refractivity contribution < 1.29 is 23.9 Å². The van der Waals surface area contributed by atoms with Gasteiger partial charge in [-0.15, -0.1) is 0 Å². The lowest BCUT2D eigenvalue weighted by Gasteiger charge is -2.27. The molecular formula is C23H20N2O5. The summed E-state index contributed by atoms with van der Waals surface area (Å²) in [4.78, 5) is 50.1. The molecule has 2 aromatic carbocycles. The molecule has 30 heavy (non-hydrogen) atoms. The smallest absolute Gasteiger partial charge is 0.262 e. The van der Waals surface area contributed by atoms with Gasteiger partial charge in [-0.1, -0.05) is 24.3 Å². The number of hydrogen-bond donors (Lipinski definition) is 1. The van der Waals surface area contributed by atoms with Gasteiger partial charge < -0.3 is 4.74 Å². The van der Waals surface area contributed by atoms with Gasteiger partial charge in [-0.2, -0.15) is 0 Å². The Morgan fingerprint density at radius 2 is 1.73 bits per heavy atom. The van der Waals surface area contributed by atoms with Crippen molar-refractivity contribution in [3.8, 4) is 5.75 Å². The van der Waals surface area contributed by atoms with Gasteiger partial charge in [0.1, 0.15) is 18.4 Å². The number of rotatable bonds is 5. The third kappa shape index (κ3) is 3.26. The lowest BCUT2D eigenvalue weighted by Crippen LogP contribution is -2.54. The van der Waals surface area contributed by atoms with Crippen molar-refractivity contribution in [3.63, 3.8) is 0 Å². The van der Waals surface area contributed by atoms with Gasteiger partial charge in [0.15, 0.2) is 0 Å². The molecule has 2 aromatic rings. The summed E-state index contributed by atoms with van der Waals surface area (Å²) in [6, 6.07) is 12.1. The molecule has 7 nitrogen and oxygen atoms in total. The molecule has 1 saturated heterocycles. The molecule has 1 unspecified atom stereocenters. The number of fused-ring (bicyclic) bond motifs is 1. The lowest BCUT2D eigenvalue weighted by atomic mass is 10.0. The van der Waals surface area contributed by atoms with Gasteiger partial charge in [-0.05, 0) is 54.5 Å². The Bertz CT molecular complexity index is 1090. The van der Waals surface area contributed by atoms with Crippen LogP contribution in [-0.2, 0) is 16.2 Å². The van der Waals surface area contributed by atoms with E-state index in [0.29, 0.717) is 18.3 Å². The first-order valence-corrected chi connectivity index (χ1v) is 10.1. The van der Waals surface area contributed by atoms with Crippen molar-refractivity contribution >= 4 is 23.6 Å². The van der Waals surface area contributed by atoms with Crippen molar-refractivity contribution in [2.75, 3.05) is 0 Å². The quantitative estimate of drug-likeness (QED) is 0.773. The first-order chi connectivity index (χ1) is 14.5. The number of nitrogens with one attached hydrogen (secondary N) is 1. The first kappa shape index (κ1) is 18.5. The Morgan fingerprint density at radius 3 is 2.50 bits per heavy atom. The van der Waals surface area contributed by atoms with Gasteiger partial charge in [0.25, 0.3) is 11.8 Å². The minimum Gasteiger partial charge on any atom is -0.489 e. The predicted octanol–water partition coefficient (Wildman–Crippen LogP) is 2.54. The van der Waals surface area contributed by atoms with Crippen molar-refractivity contribution in [2.45, 2.75) is 44.2 Å². The first-order valence-electron chi connectivity index (χ1n) is 10.1. The van der Waals surface area contributed by atoms with Gasteiger partial charge in [0.2, 0.25) is 11.8 Å². The molecular weight excluding hydrogens is 384 g/mol. The van der Waals surface area contributed by atoms with E-state index in [1.165, 1.54) is 18.4 Å². The number of amides is 4. The van der Waals surface area contributed by atoms with E-state index in [2.05, 4.69) is 17.4 Å². The second-order valence-electron chi connectivity index (χ2n) is 7.96. The Balaban J connectivity index is 1.32. The van der Waals surface area contributed by atoms with Crippen LogP contribution in [0, 0.1) is 0 Å². The summed E-state index contributed by atoms with van der Waals surface area (Å²) in [5, 5.41) is 2.19. The van der Waals surface area contributed by atoms with E-state index >= 15 is 0 Å². The van der Waals surface area contributed by atoms with E-state index in [1.54, 1.807) is 18.2 Å². The molecule has 0 bridgehead atoms. The van der Waals surface area contributed by atoms with Crippen molar-refractivity contribution in [1.82, 2.24) is 10.2 Å². The van der Waals surface area contributed by atoms with Crippen LogP contribution in [0.2, 0.25) is 0 Å². The highest BCUT2D eigenvalue weighted by Crippen LogP contribution is 2.40. The van der Waals surface area contributed by atoms with Crippen LogP contribution in [0.25, 0.3) is 0 Å². The van der Waals surface area contributed by atoms with Crippen molar-refractivity contribution in [1.29, 1.82) is 0 Å². The summed E-state index contributed by atoms with van der Waals surface area (Å²) in [5.41, 5.74) is 2.83. The molecule has 7 heteroatoms. The summed E-state index contributed by atoms with van der Waals surface area (Å²) in [7, 11) is 0. The fourth-order valence-corrected chi connectivity index (χ4v) is 4.06. The van der Waals surface area contributed by atoms with Gasteiger partial charge in [0, 0.05) is 6.42 Å². The maximum atomic E-state index is 12.9. The number of piperidine rings is 1. The molecule has 2 aliphatic heterocycles. The van der Waals surface area contributed by atoms with Crippen LogP contribution in [-0.4, -0.2) is 34.6 Å². The Kier molecular flexibility index (Phi) is 4.38. The minimum atomic E-state index is -0.968. The van der Waals surface area contributed by atoms with Crippen LogP contribution >= 0.6 is 0 Å². The number of hydrogen-bond acceptors (Lipinski definition) is 5. The zero-order valence-corrected chi connectivity index (χ0v) is 16.2. The van der Waals surface area contributed by atoms with Crippen LogP contribution in [0.3, 0.4) is 0 Å². The highest BCUT2D eigenvalue weighted by Gasteiger charge is 2.44. The maximum absolute atomic E-state index is 12.9. The molecule has 5 rings (SSSR count). The molecule has 1 aliphatic carbocycles. The van der Waals surface area contributed by atoms with E-state index in [9.17, 15) is 19.2 Å². The van der Waals surface area contributed by atoms with Crippen molar-refractivity contribution in [3.05, 3.63) is 64.7 Å². The molecule has 0 radical (unpaired) electrons. The third-order valence-electron chi connectivity index (χ3n) is 5.82. The second-order valence-corrected chi connectivity index (χ2v) is 7.96. The fourth-order valence-electron chi connectivity index (χ4n) is 4.06. The maximum Gasteiger partial charge on any atom is 0.262 e. The third-order valence-corrected chi connectivity index (χ3v) is 5.82. The van der Waals surface area contributed by atoms with E-state index in [4.69, 9.17) is 4.74 Å². The highest BCUT2D eigenvalue weighted by molar-refractivity contribution is 6.23. The number of benzene rings is 2. The largest absolute Gasteiger partial charge is 0.489 e. The second kappa shape index (κ2) is 7.09. The molecule has 152 valence electrons. The Labute approximate surface area is 173 Å². The molecule has 1 saturated carbocycles. The normalized spacial score (nSPS) is 20.9. The van der Waals surface area contributed by atoms with E-state index in [1.807, 2.05) is 12.1 Å². The molecule has 2 fully saturated rings. The van der Waals surface area contributed by atoms with Crippen LogP contribution in [0.4, 0.5) is 0 Å². The van der Waals surface area contributed by atoms with Crippen LogP contribution in [0.1, 0.15) is 63.4 Å². The molecule has 1 N–H and O–H groups in total. The Hall–Kier alpha value is -3.48. The van der Waals surface area contributed by atoms with Crippen LogP contribution < -0.4 is 10.1 Å². The van der Waals surface area contributed by atoms with Gasteiger partial charge in [-0.25, -0.2) is 0 Å². The summed E-state index contributed by atoms with van der Waals surface area (Å²) in [6.07, 6.45) is 2.69. The van der Waals surface area contributed by atoms with Gasteiger partial charge in [-0.3, -0.25) is 29.4 Å². The topological polar surface area (TPSA) is 92.8 Å². The summed E-state index contributed by atoms with van der Waals surface area (Å²) in [5.74, 6) is -0.926. The Morgan fingerprint density at radius 1 is 0.933 bits per heavy atom. The number of ether oxygens (including phenoxy) is 1. The van der Waals surface area contributed by atoms with E-state index in [0.717, 1.165) is 10.5 Å². The number of nitrogens with zero attached hydrogens (tertiary/aromatic N) is 1. The minimum absolute atomic E-state index is 0.0953. The van der Waals surface area contributed by atoms with Gasteiger partial charge in [0.05, 0.1) is 11.1 Å². The zero-order valence-electron chi connectivity index (χ0n) is 16.2. The van der Waals surface area contributed by atoms with Crippen LogP contribution in [0.5, 0.6) is 5.75 Å². The highest BCUT2D eigenvalue weighted by atomic mass is 16.5. The molecule has 0 spiro atoms. The SMILES string of the molecule is O=C1CCC(N2C(=O)c3ccc(OCc4cccc(C5CC5)c4)cc3C2=O)C(=O)N1. The summed E-state index contributed by atoms with van der Waals surface area (Å²) < 4.78 is 5.87. The van der Waals surface area contributed by atoms with Crippen LogP contribution in [0.15, 0.2) is 42.5 Å². The van der Waals surface area contributed by atoms with E-state index < -0.39 is 29.7 Å². The average Bonchev–Trinajstić information content (AvgIpc) is 3.56.